The number of aliphatic hydroxyl groups is 1. The summed E-state index contributed by atoms with van der Waals surface area (Å²) in [4.78, 5) is 12.3. The topological polar surface area (TPSA) is 83.5 Å². The van der Waals surface area contributed by atoms with Gasteiger partial charge in [0.05, 0.1) is 36.6 Å². The number of hydrogen-bond acceptors (Lipinski definition) is 7. The van der Waals surface area contributed by atoms with Crippen molar-refractivity contribution in [3.63, 3.8) is 0 Å². The summed E-state index contributed by atoms with van der Waals surface area (Å²) >= 11 is 0. The van der Waals surface area contributed by atoms with Crippen LogP contribution >= 0.6 is 0 Å². The molecule has 3 heterocycles. The summed E-state index contributed by atoms with van der Waals surface area (Å²) in [6, 6.07) is 0. The van der Waals surface area contributed by atoms with Gasteiger partial charge in [-0.15, -0.1) is 0 Å². The number of rotatable bonds is 28. The molecule has 0 unspecified atom stereocenters. The molecular weight excluding hydrogens is 757 g/mol. The van der Waals surface area contributed by atoms with Gasteiger partial charge in [0.1, 0.15) is 6.10 Å². The van der Waals surface area contributed by atoms with E-state index in [0.717, 1.165) is 63.4 Å². The van der Waals surface area contributed by atoms with E-state index in [0.29, 0.717) is 12.8 Å². The molecule has 2 saturated heterocycles. The SMILES string of the molecule is CCCCCCCCCC[C@@H](O[Si](C)(C)C(C)(C)C)[C@H]1CC[C@H]([C@H]2CC[C@H]([C@@H](O)C/C=C/CCCCCCC[C@H](CC3=C[C@H](C)OC3=O)O[Si](C)(C)C(C)(C)C)O2)O1. The van der Waals surface area contributed by atoms with Crippen molar-refractivity contribution in [2.45, 2.75) is 282 Å². The fraction of sp³-hybridized carbons (Fsp3) is 0.898. The molecule has 58 heavy (non-hydrogen) atoms. The van der Waals surface area contributed by atoms with Crippen LogP contribution in [0, 0.1) is 0 Å². The van der Waals surface area contributed by atoms with E-state index >= 15 is 0 Å². The summed E-state index contributed by atoms with van der Waals surface area (Å²) in [6.07, 6.45) is 31.0. The van der Waals surface area contributed by atoms with E-state index in [1.165, 1.54) is 70.6 Å². The molecule has 0 aromatic carbocycles. The van der Waals surface area contributed by atoms with Crippen LogP contribution in [0.15, 0.2) is 23.8 Å². The highest BCUT2D eigenvalue weighted by Gasteiger charge is 2.45. The molecule has 0 saturated carbocycles. The van der Waals surface area contributed by atoms with Crippen molar-refractivity contribution in [2.24, 2.45) is 0 Å². The number of carbonyl (C=O) groups is 1. The van der Waals surface area contributed by atoms with E-state index in [2.05, 4.69) is 86.8 Å². The summed E-state index contributed by atoms with van der Waals surface area (Å²) in [7, 11) is -3.88. The second kappa shape index (κ2) is 24.7. The van der Waals surface area contributed by atoms with Gasteiger partial charge < -0.3 is 28.2 Å². The van der Waals surface area contributed by atoms with Gasteiger partial charge in [0, 0.05) is 18.1 Å². The Balaban J connectivity index is 1.34. The van der Waals surface area contributed by atoms with Crippen LogP contribution < -0.4 is 0 Å². The highest BCUT2D eigenvalue weighted by molar-refractivity contribution is 6.74. The highest BCUT2D eigenvalue weighted by atomic mass is 28.4. The molecule has 0 spiro atoms. The molecule has 338 valence electrons. The average Bonchev–Trinajstić information content (AvgIpc) is 3.89. The molecule has 3 rings (SSSR count). The molecule has 0 amide bonds. The largest absolute Gasteiger partial charge is 0.455 e. The van der Waals surface area contributed by atoms with Gasteiger partial charge in [-0.3, -0.25) is 0 Å². The van der Waals surface area contributed by atoms with Gasteiger partial charge in [-0.2, -0.15) is 0 Å². The van der Waals surface area contributed by atoms with Gasteiger partial charge in [-0.1, -0.05) is 138 Å². The third-order valence-corrected chi connectivity index (χ3v) is 23.2. The Bertz CT molecular complexity index is 1230. The van der Waals surface area contributed by atoms with Crippen LogP contribution in [0.25, 0.3) is 0 Å². The Labute approximate surface area is 359 Å². The molecule has 7 nitrogen and oxygen atoms in total. The van der Waals surface area contributed by atoms with Crippen LogP contribution in [-0.2, 0) is 27.9 Å². The lowest BCUT2D eigenvalue weighted by Crippen LogP contribution is -2.47. The molecule has 0 bridgehead atoms. The molecule has 3 aliphatic rings. The second-order valence-corrected chi connectivity index (χ2v) is 30.9. The molecule has 0 aromatic rings. The zero-order valence-corrected chi connectivity index (χ0v) is 41.8. The lowest BCUT2D eigenvalue weighted by molar-refractivity contribution is -0.139. The van der Waals surface area contributed by atoms with Crippen molar-refractivity contribution in [3.8, 4) is 0 Å². The third kappa shape index (κ3) is 17.5. The number of aliphatic hydroxyl groups excluding tert-OH is 1. The van der Waals surface area contributed by atoms with Crippen molar-refractivity contribution in [3.05, 3.63) is 23.8 Å². The van der Waals surface area contributed by atoms with E-state index in [9.17, 15) is 9.90 Å². The van der Waals surface area contributed by atoms with Crippen LogP contribution in [0.1, 0.15) is 197 Å². The maximum Gasteiger partial charge on any atom is 0.334 e. The second-order valence-electron chi connectivity index (χ2n) is 21.4. The number of esters is 1. The zero-order valence-electron chi connectivity index (χ0n) is 39.8. The van der Waals surface area contributed by atoms with Gasteiger partial charge in [0.15, 0.2) is 16.6 Å². The van der Waals surface area contributed by atoms with E-state index in [1.807, 2.05) is 13.0 Å². The van der Waals surface area contributed by atoms with Crippen molar-refractivity contribution >= 4 is 22.6 Å². The number of ether oxygens (including phenoxy) is 3. The predicted molar refractivity (Wildman–Crippen MR) is 247 cm³/mol. The van der Waals surface area contributed by atoms with Crippen LogP contribution in [0.4, 0.5) is 0 Å². The van der Waals surface area contributed by atoms with Gasteiger partial charge >= 0.3 is 5.97 Å². The number of carbonyl (C=O) groups excluding carboxylic acids is 1. The summed E-state index contributed by atoms with van der Waals surface area (Å²) in [5.74, 6) is -0.176. The Kier molecular flexibility index (Phi) is 22.0. The number of allylic oxidation sites excluding steroid dienone is 1. The summed E-state index contributed by atoms with van der Waals surface area (Å²) < 4.78 is 32.6. The third-order valence-electron chi connectivity index (χ3n) is 14.2. The minimum Gasteiger partial charge on any atom is -0.455 e. The Morgan fingerprint density at radius 1 is 0.724 bits per heavy atom. The zero-order chi connectivity index (χ0) is 43.0. The van der Waals surface area contributed by atoms with Gasteiger partial charge in [-0.05, 0) is 107 Å². The van der Waals surface area contributed by atoms with Crippen molar-refractivity contribution in [1.29, 1.82) is 0 Å². The van der Waals surface area contributed by atoms with Crippen LogP contribution in [-0.4, -0.2) is 76.5 Å². The normalized spacial score (nSPS) is 25.1. The molecule has 0 radical (unpaired) electrons. The molecule has 1 N–H and O–H groups in total. The van der Waals surface area contributed by atoms with Crippen LogP contribution in [0.2, 0.25) is 36.3 Å². The first-order chi connectivity index (χ1) is 27.2. The first-order valence-electron chi connectivity index (χ1n) is 24.2. The minimum atomic E-state index is -1.95. The summed E-state index contributed by atoms with van der Waals surface area (Å²) in [5, 5.41) is 11.4. The molecule has 2 fully saturated rings. The maximum absolute atomic E-state index is 12.3. The highest BCUT2D eigenvalue weighted by Crippen LogP contribution is 2.42. The Morgan fingerprint density at radius 3 is 1.81 bits per heavy atom. The van der Waals surface area contributed by atoms with E-state index in [-0.39, 0.29) is 58.8 Å². The Morgan fingerprint density at radius 2 is 1.24 bits per heavy atom. The maximum atomic E-state index is 12.3. The molecule has 9 heteroatoms. The quantitative estimate of drug-likeness (QED) is 0.0363. The van der Waals surface area contributed by atoms with Gasteiger partial charge in [-0.25, -0.2) is 4.79 Å². The first kappa shape index (κ1) is 51.5. The van der Waals surface area contributed by atoms with Crippen molar-refractivity contribution < 1.29 is 33.0 Å². The molecule has 0 aliphatic carbocycles. The molecular formula is C49H92O7Si2. The fourth-order valence-electron chi connectivity index (χ4n) is 8.33. The minimum absolute atomic E-state index is 0.0646. The molecule has 3 aliphatic heterocycles. The van der Waals surface area contributed by atoms with Crippen LogP contribution in [0.5, 0.6) is 0 Å². The lowest BCUT2D eigenvalue weighted by Gasteiger charge is -2.41. The fourth-order valence-corrected chi connectivity index (χ4v) is 11.1. The monoisotopic (exact) mass is 849 g/mol. The number of hydrogen-bond donors (Lipinski definition) is 1. The standard InChI is InChI=1S/C49H92O7Si2/c1-13-14-15-16-17-22-25-28-31-46(56-58(11,12)49(6,7)8)45-35-34-44(54-45)43-33-32-42(53-43)41(50)30-27-24-21-19-18-20-23-26-29-40(55-57(9,10)48(3,4)5)37-39-36-38(2)52-47(39)51/h24,27,36,38,40-46,50H,13-23,25-26,28-35,37H2,1-12H3/b27-24+/t38-,40+,41-,42+,43+,44+,45+,46+/m0/s1. The average molecular weight is 849 g/mol. The molecule has 8 atom stereocenters. The summed E-state index contributed by atoms with van der Waals surface area (Å²) in [5.41, 5.74) is 0.782. The summed E-state index contributed by atoms with van der Waals surface area (Å²) in [6.45, 7) is 27.4. The van der Waals surface area contributed by atoms with E-state index in [4.69, 9.17) is 23.1 Å². The van der Waals surface area contributed by atoms with Crippen LogP contribution in [0.3, 0.4) is 0 Å². The number of cyclic esters (lactones) is 1. The van der Waals surface area contributed by atoms with E-state index in [1.54, 1.807) is 0 Å². The van der Waals surface area contributed by atoms with E-state index < -0.39 is 22.7 Å². The van der Waals surface area contributed by atoms with Crippen molar-refractivity contribution in [2.75, 3.05) is 0 Å². The number of unbranched alkanes of at least 4 members (excludes halogenated alkanes) is 12. The Hall–Kier alpha value is -0.816. The van der Waals surface area contributed by atoms with Crippen molar-refractivity contribution in [1.82, 2.24) is 0 Å². The molecule has 0 aromatic heterocycles. The lowest BCUT2D eigenvalue weighted by atomic mass is 10.0. The van der Waals surface area contributed by atoms with Gasteiger partial charge in [0.2, 0.25) is 0 Å². The van der Waals surface area contributed by atoms with Gasteiger partial charge in [0.25, 0.3) is 0 Å². The smallest absolute Gasteiger partial charge is 0.334 e. The first-order valence-corrected chi connectivity index (χ1v) is 30.0. The predicted octanol–water partition coefficient (Wildman–Crippen LogP) is 13.7.